The molecule has 0 aromatic carbocycles. The molecule has 3 heteroatoms. The fraction of sp³-hybridized carbons (Fsp3) is 0.688. The Morgan fingerprint density at radius 1 is 1.37 bits per heavy atom. The molecule has 1 saturated heterocycles. The molecule has 1 aliphatic heterocycles. The second kappa shape index (κ2) is 8.28. The van der Waals surface area contributed by atoms with Gasteiger partial charge in [-0.25, -0.2) is 0 Å². The fourth-order valence-corrected chi connectivity index (χ4v) is 2.70. The van der Waals surface area contributed by atoms with Crippen LogP contribution in [0.25, 0.3) is 0 Å². The molecule has 1 fully saturated rings. The normalized spacial score (nSPS) is 21.2. The number of nitrogens with zero attached hydrogens (tertiary/aromatic N) is 1. The number of hydrogen-bond donors (Lipinski definition) is 1. The summed E-state index contributed by atoms with van der Waals surface area (Å²) in [5.41, 5.74) is 1.36. The number of aromatic nitrogens is 1. The van der Waals surface area contributed by atoms with Gasteiger partial charge in [0, 0.05) is 25.0 Å². The Morgan fingerprint density at radius 2 is 2.21 bits per heavy atom. The minimum atomic E-state index is 0.449. The quantitative estimate of drug-likeness (QED) is 0.820. The molecule has 2 atom stereocenters. The summed E-state index contributed by atoms with van der Waals surface area (Å²) in [7, 11) is 0. The van der Waals surface area contributed by atoms with Crippen molar-refractivity contribution in [3.63, 3.8) is 0 Å². The molecule has 1 aliphatic rings. The van der Waals surface area contributed by atoms with Gasteiger partial charge in [-0.2, -0.15) is 0 Å². The van der Waals surface area contributed by atoms with Crippen LogP contribution in [-0.4, -0.2) is 30.3 Å². The first kappa shape index (κ1) is 14.5. The molecule has 1 aromatic heterocycles. The van der Waals surface area contributed by atoms with Crippen LogP contribution >= 0.6 is 0 Å². The third-order valence-electron chi connectivity index (χ3n) is 3.74. The van der Waals surface area contributed by atoms with E-state index in [0.29, 0.717) is 12.1 Å². The molecular weight excluding hydrogens is 236 g/mol. The number of nitrogens with one attached hydrogen (secondary N) is 1. The van der Waals surface area contributed by atoms with E-state index < -0.39 is 0 Å². The molecule has 2 rings (SSSR count). The Hall–Kier alpha value is -0.930. The Bertz CT molecular complexity index is 336. The molecule has 3 nitrogen and oxygen atoms in total. The number of hydrogen-bond acceptors (Lipinski definition) is 3. The zero-order valence-electron chi connectivity index (χ0n) is 12.0. The summed E-state index contributed by atoms with van der Waals surface area (Å²) in [6.07, 6.45) is 11.4. The average molecular weight is 262 g/mol. The van der Waals surface area contributed by atoms with E-state index in [0.717, 1.165) is 26.0 Å². The standard InChI is InChI=1S/C16H26N2O/c1-2-8-18-15(12-14-6-9-17-10-7-14)13-16-5-3-4-11-19-16/h6-7,9-10,15-16,18H,2-5,8,11-13H2,1H3. The minimum absolute atomic E-state index is 0.449. The Kier molecular flexibility index (Phi) is 6.31. The van der Waals surface area contributed by atoms with Crippen molar-refractivity contribution in [3.05, 3.63) is 30.1 Å². The summed E-state index contributed by atoms with van der Waals surface area (Å²) in [6, 6.07) is 4.75. The lowest BCUT2D eigenvalue weighted by Crippen LogP contribution is -2.36. The molecule has 19 heavy (non-hydrogen) atoms. The first-order valence-corrected chi connectivity index (χ1v) is 7.62. The van der Waals surface area contributed by atoms with Crippen LogP contribution in [0.4, 0.5) is 0 Å². The molecule has 2 unspecified atom stereocenters. The SMILES string of the molecule is CCCNC(Cc1ccncc1)CC1CCCCO1. The smallest absolute Gasteiger partial charge is 0.0590 e. The van der Waals surface area contributed by atoms with Gasteiger partial charge in [-0.3, -0.25) is 4.98 Å². The first-order chi connectivity index (χ1) is 9.38. The van der Waals surface area contributed by atoms with Crippen LogP contribution in [0.3, 0.4) is 0 Å². The Labute approximate surface area is 116 Å². The van der Waals surface area contributed by atoms with Crippen molar-refractivity contribution >= 4 is 0 Å². The van der Waals surface area contributed by atoms with Gasteiger partial charge >= 0.3 is 0 Å². The molecule has 1 aromatic rings. The molecule has 0 saturated carbocycles. The second-order valence-electron chi connectivity index (χ2n) is 5.43. The van der Waals surface area contributed by atoms with Gasteiger partial charge < -0.3 is 10.1 Å². The third-order valence-corrected chi connectivity index (χ3v) is 3.74. The van der Waals surface area contributed by atoms with E-state index in [2.05, 4.69) is 29.4 Å². The molecule has 106 valence electrons. The molecule has 1 N–H and O–H groups in total. The molecule has 0 amide bonds. The molecule has 0 radical (unpaired) electrons. The summed E-state index contributed by atoms with van der Waals surface area (Å²) in [5, 5.41) is 3.66. The van der Waals surface area contributed by atoms with Crippen molar-refractivity contribution in [1.82, 2.24) is 10.3 Å². The Balaban J connectivity index is 1.87. The summed E-state index contributed by atoms with van der Waals surface area (Å²) >= 11 is 0. The van der Waals surface area contributed by atoms with E-state index in [-0.39, 0.29) is 0 Å². The van der Waals surface area contributed by atoms with Crippen LogP contribution in [-0.2, 0) is 11.2 Å². The van der Waals surface area contributed by atoms with Gasteiger partial charge in [-0.05, 0) is 62.8 Å². The highest BCUT2D eigenvalue weighted by Crippen LogP contribution is 2.18. The Morgan fingerprint density at radius 3 is 2.89 bits per heavy atom. The van der Waals surface area contributed by atoms with Crippen LogP contribution < -0.4 is 5.32 Å². The average Bonchev–Trinajstić information content (AvgIpc) is 2.47. The van der Waals surface area contributed by atoms with E-state index in [4.69, 9.17) is 4.74 Å². The summed E-state index contributed by atoms with van der Waals surface area (Å²) < 4.78 is 5.87. The van der Waals surface area contributed by atoms with Crippen molar-refractivity contribution < 1.29 is 4.74 Å². The molecule has 0 spiro atoms. The van der Waals surface area contributed by atoms with Gasteiger partial charge in [0.1, 0.15) is 0 Å². The van der Waals surface area contributed by atoms with Gasteiger partial charge in [0.05, 0.1) is 6.10 Å². The predicted molar refractivity (Wildman–Crippen MR) is 78.2 cm³/mol. The highest BCUT2D eigenvalue weighted by molar-refractivity contribution is 5.11. The number of ether oxygens (including phenoxy) is 1. The molecule has 2 heterocycles. The fourth-order valence-electron chi connectivity index (χ4n) is 2.70. The number of pyridine rings is 1. The zero-order valence-corrected chi connectivity index (χ0v) is 12.0. The van der Waals surface area contributed by atoms with Gasteiger partial charge in [-0.15, -0.1) is 0 Å². The minimum Gasteiger partial charge on any atom is -0.378 e. The van der Waals surface area contributed by atoms with Crippen LogP contribution in [0, 0.1) is 0 Å². The summed E-state index contributed by atoms with van der Waals surface area (Å²) in [4.78, 5) is 4.09. The van der Waals surface area contributed by atoms with Crippen molar-refractivity contribution in [1.29, 1.82) is 0 Å². The van der Waals surface area contributed by atoms with Crippen LogP contribution in [0.5, 0.6) is 0 Å². The van der Waals surface area contributed by atoms with Gasteiger partial charge in [0.15, 0.2) is 0 Å². The van der Waals surface area contributed by atoms with Crippen LogP contribution in [0.2, 0.25) is 0 Å². The summed E-state index contributed by atoms with van der Waals surface area (Å²) in [6.45, 7) is 4.25. The van der Waals surface area contributed by atoms with Gasteiger partial charge in [0.2, 0.25) is 0 Å². The third kappa shape index (κ3) is 5.29. The topological polar surface area (TPSA) is 34.2 Å². The van der Waals surface area contributed by atoms with E-state index >= 15 is 0 Å². The maximum absolute atomic E-state index is 5.87. The first-order valence-electron chi connectivity index (χ1n) is 7.62. The van der Waals surface area contributed by atoms with Crippen molar-refractivity contribution in [2.45, 2.75) is 57.6 Å². The lowest BCUT2D eigenvalue weighted by molar-refractivity contribution is 0.00526. The highest BCUT2D eigenvalue weighted by atomic mass is 16.5. The van der Waals surface area contributed by atoms with E-state index in [1.165, 1.54) is 31.2 Å². The monoisotopic (exact) mass is 262 g/mol. The molecule has 0 aliphatic carbocycles. The maximum Gasteiger partial charge on any atom is 0.0590 e. The van der Waals surface area contributed by atoms with Crippen molar-refractivity contribution in [3.8, 4) is 0 Å². The van der Waals surface area contributed by atoms with Crippen molar-refractivity contribution in [2.24, 2.45) is 0 Å². The molecule has 0 bridgehead atoms. The van der Waals surface area contributed by atoms with Crippen molar-refractivity contribution in [2.75, 3.05) is 13.2 Å². The van der Waals surface area contributed by atoms with E-state index in [1.807, 2.05) is 12.4 Å². The maximum atomic E-state index is 5.87. The summed E-state index contributed by atoms with van der Waals surface area (Å²) in [5.74, 6) is 0. The van der Waals surface area contributed by atoms with E-state index in [9.17, 15) is 0 Å². The van der Waals surface area contributed by atoms with Gasteiger partial charge in [0.25, 0.3) is 0 Å². The van der Waals surface area contributed by atoms with Crippen LogP contribution in [0.1, 0.15) is 44.6 Å². The lowest BCUT2D eigenvalue weighted by atomic mass is 9.97. The van der Waals surface area contributed by atoms with Gasteiger partial charge in [-0.1, -0.05) is 6.92 Å². The van der Waals surface area contributed by atoms with E-state index in [1.54, 1.807) is 0 Å². The predicted octanol–water partition coefficient (Wildman–Crippen LogP) is 2.95. The number of rotatable bonds is 7. The lowest BCUT2D eigenvalue weighted by Gasteiger charge is -2.27. The highest BCUT2D eigenvalue weighted by Gasteiger charge is 2.19. The molecular formula is C16H26N2O. The van der Waals surface area contributed by atoms with Crippen LogP contribution in [0.15, 0.2) is 24.5 Å². The largest absolute Gasteiger partial charge is 0.378 e. The second-order valence-corrected chi connectivity index (χ2v) is 5.43. The zero-order chi connectivity index (χ0) is 13.3.